The van der Waals surface area contributed by atoms with Crippen molar-refractivity contribution in [3.8, 4) is 22.5 Å². The summed E-state index contributed by atoms with van der Waals surface area (Å²) in [6, 6.07) is 7.31. The number of hydrogen-bond acceptors (Lipinski definition) is 3. The molecule has 0 amide bonds. The van der Waals surface area contributed by atoms with E-state index < -0.39 is 18.3 Å². The first-order valence-corrected chi connectivity index (χ1v) is 7.02. The number of aromatic nitrogens is 3. The molecule has 0 radical (unpaired) electrons. The Bertz CT molecular complexity index is 884. The summed E-state index contributed by atoms with van der Waals surface area (Å²) in [6.45, 7) is -2.79. The molecular formula is C16H11F5N4. The van der Waals surface area contributed by atoms with Crippen LogP contribution in [0.3, 0.4) is 0 Å². The number of nitrogen functional groups attached to an aromatic ring is 1. The van der Waals surface area contributed by atoms with Crippen LogP contribution < -0.4 is 5.73 Å². The number of nitrogens with two attached hydrogens (primary N) is 1. The van der Waals surface area contributed by atoms with Crippen LogP contribution in [0.5, 0.6) is 0 Å². The fourth-order valence-corrected chi connectivity index (χ4v) is 2.27. The topological polar surface area (TPSA) is 56.7 Å². The second kappa shape index (κ2) is 6.15. The van der Waals surface area contributed by atoms with Gasteiger partial charge in [0.15, 0.2) is 0 Å². The lowest BCUT2D eigenvalue weighted by atomic mass is 10.0. The van der Waals surface area contributed by atoms with E-state index in [1.807, 2.05) is 0 Å². The minimum Gasteiger partial charge on any atom is -0.397 e. The summed E-state index contributed by atoms with van der Waals surface area (Å²) in [5, 5.41) is 3.73. The molecule has 3 rings (SSSR count). The number of pyridine rings is 1. The van der Waals surface area contributed by atoms with Crippen LogP contribution in [0.25, 0.3) is 22.5 Å². The van der Waals surface area contributed by atoms with Gasteiger partial charge in [0, 0.05) is 17.3 Å². The molecule has 1 aromatic carbocycles. The molecule has 0 saturated carbocycles. The number of halogens is 5. The van der Waals surface area contributed by atoms with E-state index in [1.54, 1.807) is 0 Å². The van der Waals surface area contributed by atoms with E-state index in [9.17, 15) is 22.0 Å². The predicted octanol–water partition coefficient (Wildman–Crippen LogP) is 4.61. The highest BCUT2D eigenvalue weighted by Crippen LogP contribution is 2.32. The molecule has 2 aromatic heterocycles. The minimum atomic E-state index is -4.43. The smallest absolute Gasteiger partial charge is 0.397 e. The standard InChI is InChI=1S/C16H11F5N4/c17-15(18)25-6-5-13(24-25)11-7-14(23-8-12(11)22)9-1-3-10(4-2-9)16(19,20)21/h1-8,15H,22H2. The van der Waals surface area contributed by atoms with E-state index in [1.165, 1.54) is 30.5 Å². The molecular weight excluding hydrogens is 343 g/mol. The number of rotatable bonds is 3. The van der Waals surface area contributed by atoms with E-state index >= 15 is 0 Å². The summed E-state index contributed by atoms with van der Waals surface area (Å²) in [5.41, 5.74) is 6.63. The van der Waals surface area contributed by atoms with Crippen molar-refractivity contribution in [2.75, 3.05) is 5.73 Å². The van der Waals surface area contributed by atoms with Gasteiger partial charge in [0.1, 0.15) is 0 Å². The maximum atomic E-state index is 12.6. The summed E-state index contributed by atoms with van der Waals surface area (Å²) >= 11 is 0. The number of anilines is 1. The molecule has 0 bridgehead atoms. The Morgan fingerprint density at radius 2 is 1.68 bits per heavy atom. The van der Waals surface area contributed by atoms with Crippen LogP contribution in [0.2, 0.25) is 0 Å². The van der Waals surface area contributed by atoms with E-state index in [0.717, 1.165) is 18.3 Å². The van der Waals surface area contributed by atoms with Crippen molar-refractivity contribution in [3.05, 3.63) is 54.4 Å². The van der Waals surface area contributed by atoms with Gasteiger partial charge in [0.25, 0.3) is 0 Å². The van der Waals surface area contributed by atoms with Crippen LogP contribution in [-0.2, 0) is 6.18 Å². The first kappa shape index (κ1) is 16.9. The van der Waals surface area contributed by atoms with Gasteiger partial charge >= 0.3 is 12.7 Å². The quantitative estimate of drug-likeness (QED) is 0.699. The van der Waals surface area contributed by atoms with Crippen LogP contribution in [0.4, 0.5) is 27.6 Å². The second-order valence-corrected chi connectivity index (χ2v) is 5.19. The van der Waals surface area contributed by atoms with Gasteiger partial charge in [-0.25, -0.2) is 4.68 Å². The van der Waals surface area contributed by atoms with Gasteiger partial charge in [-0.05, 0) is 24.3 Å². The molecule has 0 aliphatic heterocycles. The average Bonchev–Trinajstić information content (AvgIpc) is 3.05. The predicted molar refractivity (Wildman–Crippen MR) is 81.6 cm³/mol. The molecule has 2 heterocycles. The summed E-state index contributed by atoms with van der Waals surface area (Å²) < 4.78 is 63.6. The highest BCUT2D eigenvalue weighted by molar-refractivity contribution is 5.77. The lowest BCUT2D eigenvalue weighted by Gasteiger charge is -2.09. The molecule has 0 fully saturated rings. The molecule has 0 atom stereocenters. The Morgan fingerprint density at radius 1 is 1.00 bits per heavy atom. The Labute approximate surface area is 138 Å². The van der Waals surface area contributed by atoms with Gasteiger partial charge in [-0.3, -0.25) is 4.98 Å². The van der Waals surface area contributed by atoms with Crippen molar-refractivity contribution in [1.82, 2.24) is 14.8 Å². The zero-order valence-electron chi connectivity index (χ0n) is 12.5. The average molecular weight is 354 g/mol. The Morgan fingerprint density at radius 3 is 2.24 bits per heavy atom. The molecule has 0 spiro atoms. The zero-order valence-corrected chi connectivity index (χ0v) is 12.5. The van der Waals surface area contributed by atoms with Gasteiger partial charge in [-0.2, -0.15) is 27.1 Å². The van der Waals surface area contributed by atoms with E-state index in [4.69, 9.17) is 5.73 Å². The SMILES string of the molecule is Nc1cnc(-c2ccc(C(F)(F)F)cc2)cc1-c1ccn(C(F)F)n1. The fraction of sp³-hybridized carbons (Fsp3) is 0.125. The molecule has 3 aromatic rings. The van der Waals surface area contributed by atoms with Gasteiger partial charge in [0.2, 0.25) is 0 Å². The summed E-state index contributed by atoms with van der Waals surface area (Å²) in [7, 11) is 0. The summed E-state index contributed by atoms with van der Waals surface area (Å²) in [6.07, 6.45) is -2.01. The molecule has 25 heavy (non-hydrogen) atoms. The molecule has 0 aliphatic carbocycles. The van der Waals surface area contributed by atoms with Crippen molar-refractivity contribution >= 4 is 5.69 Å². The minimum absolute atomic E-state index is 0.216. The molecule has 9 heteroatoms. The third-order valence-corrected chi connectivity index (χ3v) is 3.53. The summed E-state index contributed by atoms with van der Waals surface area (Å²) in [5.74, 6) is 0. The van der Waals surface area contributed by atoms with Crippen LogP contribution in [0.15, 0.2) is 48.8 Å². The molecule has 0 saturated heterocycles. The van der Waals surface area contributed by atoms with Gasteiger partial charge < -0.3 is 5.73 Å². The van der Waals surface area contributed by atoms with Crippen LogP contribution in [0, 0.1) is 0 Å². The highest BCUT2D eigenvalue weighted by atomic mass is 19.4. The van der Waals surface area contributed by atoms with Gasteiger partial charge in [-0.15, -0.1) is 0 Å². The lowest BCUT2D eigenvalue weighted by Crippen LogP contribution is -2.04. The van der Waals surface area contributed by atoms with E-state index in [2.05, 4.69) is 10.1 Å². The zero-order chi connectivity index (χ0) is 18.2. The Kier molecular flexibility index (Phi) is 4.15. The van der Waals surface area contributed by atoms with E-state index in [-0.39, 0.29) is 11.4 Å². The number of alkyl halides is 5. The van der Waals surface area contributed by atoms with Crippen molar-refractivity contribution in [2.45, 2.75) is 12.7 Å². The normalized spacial score (nSPS) is 11.9. The largest absolute Gasteiger partial charge is 0.416 e. The van der Waals surface area contributed by atoms with Crippen LogP contribution in [-0.4, -0.2) is 14.8 Å². The first-order chi connectivity index (χ1) is 11.8. The molecule has 0 aliphatic rings. The molecule has 4 nitrogen and oxygen atoms in total. The number of benzene rings is 1. The van der Waals surface area contributed by atoms with Gasteiger partial charge in [0.05, 0.1) is 28.8 Å². The van der Waals surface area contributed by atoms with Crippen molar-refractivity contribution in [1.29, 1.82) is 0 Å². The Hall–Kier alpha value is -2.97. The maximum absolute atomic E-state index is 12.6. The molecule has 2 N–H and O–H groups in total. The fourth-order valence-electron chi connectivity index (χ4n) is 2.27. The van der Waals surface area contributed by atoms with Crippen molar-refractivity contribution in [3.63, 3.8) is 0 Å². The highest BCUT2D eigenvalue weighted by Gasteiger charge is 2.30. The second-order valence-electron chi connectivity index (χ2n) is 5.19. The molecule has 0 unspecified atom stereocenters. The lowest BCUT2D eigenvalue weighted by molar-refractivity contribution is -0.137. The molecule has 130 valence electrons. The van der Waals surface area contributed by atoms with Gasteiger partial charge in [-0.1, -0.05) is 12.1 Å². The monoisotopic (exact) mass is 354 g/mol. The maximum Gasteiger partial charge on any atom is 0.416 e. The Balaban J connectivity index is 1.98. The van der Waals surface area contributed by atoms with Crippen LogP contribution >= 0.6 is 0 Å². The first-order valence-electron chi connectivity index (χ1n) is 7.02. The summed E-state index contributed by atoms with van der Waals surface area (Å²) in [4.78, 5) is 4.08. The third kappa shape index (κ3) is 3.44. The van der Waals surface area contributed by atoms with Crippen LogP contribution in [0.1, 0.15) is 12.1 Å². The van der Waals surface area contributed by atoms with Crippen molar-refractivity contribution < 1.29 is 22.0 Å². The number of nitrogens with zero attached hydrogens (tertiary/aromatic N) is 3. The number of hydrogen-bond donors (Lipinski definition) is 1. The van der Waals surface area contributed by atoms with Crippen molar-refractivity contribution in [2.24, 2.45) is 0 Å². The third-order valence-electron chi connectivity index (χ3n) is 3.53. The van der Waals surface area contributed by atoms with E-state index in [0.29, 0.717) is 21.5 Å².